The standard InChI is InChI=1S/C23H31FN2O.C2H6/c1-23(2,27)20(13-22(26-3)19(14-25)18-10-11-18)21(24)12-15-4-6-16(7-5-15)17-8-9-17;1-2/h4-7,13,17-19,27H,3,8-12,14,25H2,1-2H3;1-2H3/b21-20-,22-13-;. The van der Waals surface area contributed by atoms with Gasteiger partial charge in [-0.05, 0) is 75.3 Å². The van der Waals surface area contributed by atoms with E-state index in [0.717, 1.165) is 18.4 Å². The first-order valence-electron chi connectivity index (χ1n) is 10.9. The van der Waals surface area contributed by atoms with Crippen molar-refractivity contribution in [3.05, 3.63) is 58.6 Å². The fourth-order valence-corrected chi connectivity index (χ4v) is 3.66. The first kappa shape index (κ1) is 23.5. The van der Waals surface area contributed by atoms with Crippen LogP contribution in [0.15, 0.2) is 52.4 Å². The molecule has 2 aliphatic rings. The minimum atomic E-state index is -1.31. The van der Waals surface area contributed by atoms with E-state index in [1.165, 1.54) is 18.4 Å². The predicted molar refractivity (Wildman–Crippen MR) is 121 cm³/mol. The Labute approximate surface area is 175 Å². The largest absolute Gasteiger partial charge is 0.386 e. The fourth-order valence-electron chi connectivity index (χ4n) is 3.66. The van der Waals surface area contributed by atoms with Gasteiger partial charge in [-0.2, -0.15) is 0 Å². The van der Waals surface area contributed by atoms with Crippen LogP contribution in [-0.2, 0) is 6.42 Å². The molecule has 1 atom stereocenters. The molecular weight excluding hydrogens is 363 g/mol. The summed E-state index contributed by atoms with van der Waals surface area (Å²) in [5, 5.41) is 10.6. The molecule has 1 aromatic rings. The maximum Gasteiger partial charge on any atom is 0.110 e. The second-order valence-corrected chi connectivity index (χ2v) is 8.48. The lowest BCUT2D eigenvalue weighted by molar-refractivity contribution is 0.120. The van der Waals surface area contributed by atoms with Crippen molar-refractivity contribution in [1.29, 1.82) is 0 Å². The number of nitrogens with zero attached hydrogens (tertiary/aromatic N) is 1. The summed E-state index contributed by atoms with van der Waals surface area (Å²) in [5.41, 5.74) is 7.78. The van der Waals surface area contributed by atoms with Gasteiger partial charge >= 0.3 is 0 Å². The smallest absolute Gasteiger partial charge is 0.110 e. The normalized spacial score (nSPS) is 19.1. The van der Waals surface area contributed by atoms with Gasteiger partial charge in [0.05, 0.1) is 5.60 Å². The van der Waals surface area contributed by atoms with Crippen molar-refractivity contribution in [3.63, 3.8) is 0 Å². The molecule has 0 saturated heterocycles. The summed E-state index contributed by atoms with van der Waals surface area (Å²) in [6.45, 7) is 11.3. The molecule has 0 radical (unpaired) electrons. The molecule has 0 bridgehead atoms. The molecule has 3 nitrogen and oxygen atoms in total. The molecule has 0 aliphatic heterocycles. The van der Waals surface area contributed by atoms with Crippen molar-refractivity contribution >= 4 is 6.72 Å². The van der Waals surface area contributed by atoms with Crippen LogP contribution in [-0.4, -0.2) is 24.0 Å². The van der Waals surface area contributed by atoms with Crippen LogP contribution in [0, 0.1) is 11.8 Å². The highest BCUT2D eigenvalue weighted by atomic mass is 19.1. The lowest BCUT2D eigenvalue weighted by atomic mass is 9.90. The molecule has 0 aromatic heterocycles. The van der Waals surface area contributed by atoms with E-state index in [9.17, 15) is 5.11 Å². The van der Waals surface area contributed by atoms with Crippen LogP contribution in [0.3, 0.4) is 0 Å². The summed E-state index contributed by atoms with van der Waals surface area (Å²) in [5.74, 6) is 0.916. The number of hydrogen-bond acceptors (Lipinski definition) is 3. The molecule has 29 heavy (non-hydrogen) atoms. The summed E-state index contributed by atoms with van der Waals surface area (Å²) in [7, 11) is 0. The fraction of sp³-hybridized carbons (Fsp3) is 0.560. The number of benzene rings is 1. The van der Waals surface area contributed by atoms with Gasteiger partial charge in [0.15, 0.2) is 0 Å². The van der Waals surface area contributed by atoms with E-state index < -0.39 is 5.60 Å². The second-order valence-electron chi connectivity index (χ2n) is 8.48. The highest BCUT2D eigenvalue weighted by molar-refractivity contribution is 5.40. The van der Waals surface area contributed by atoms with Gasteiger partial charge in [0, 0.05) is 30.2 Å². The Morgan fingerprint density at radius 1 is 1.24 bits per heavy atom. The molecule has 3 rings (SSSR count). The first-order chi connectivity index (χ1) is 13.8. The van der Waals surface area contributed by atoms with E-state index in [0.29, 0.717) is 24.1 Å². The number of rotatable bonds is 9. The Bertz CT molecular complexity index is 735. The predicted octanol–water partition coefficient (Wildman–Crippen LogP) is 5.70. The van der Waals surface area contributed by atoms with Gasteiger partial charge in [0.25, 0.3) is 0 Å². The molecular formula is C25H37FN2O. The Balaban J connectivity index is 0.00000145. The number of hydrogen-bond donors (Lipinski definition) is 2. The van der Waals surface area contributed by atoms with Crippen molar-refractivity contribution in [3.8, 4) is 0 Å². The van der Waals surface area contributed by atoms with Crippen LogP contribution < -0.4 is 5.73 Å². The van der Waals surface area contributed by atoms with Crippen LogP contribution in [0.5, 0.6) is 0 Å². The summed E-state index contributed by atoms with van der Waals surface area (Å²) < 4.78 is 15.2. The molecule has 2 fully saturated rings. The lowest BCUT2D eigenvalue weighted by Gasteiger charge is -2.23. The van der Waals surface area contributed by atoms with E-state index in [1.807, 2.05) is 26.0 Å². The third kappa shape index (κ3) is 6.61. The molecule has 0 spiro atoms. The van der Waals surface area contributed by atoms with Gasteiger partial charge in [-0.15, -0.1) is 0 Å². The Morgan fingerprint density at radius 3 is 2.24 bits per heavy atom. The van der Waals surface area contributed by atoms with Crippen LogP contribution in [0.1, 0.15) is 70.4 Å². The molecule has 1 unspecified atom stereocenters. The summed E-state index contributed by atoms with van der Waals surface area (Å²) in [6, 6.07) is 8.15. The number of halogens is 1. The molecule has 0 heterocycles. The lowest BCUT2D eigenvalue weighted by Crippen LogP contribution is -2.24. The molecule has 160 valence electrons. The van der Waals surface area contributed by atoms with Crippen molar-refractivity contribution in [1.82, 2.24) is 0 Å². The second kappa shape index (κ2) is 10.3. The monoisotopic (exact) mass is 400 g/mol. The Hall–Kier alpha value is -1.78. The molecule has 3 N–H and O–H groups in total. The quantitative estimate of drug-likeness (QED) is 0.413. The minimum absolute atomic E-state index is 0.0745. The van der Waals surface area contributed by atoms with Crippen LogP contribution in [0.4, 0.5) is 4.39 Å². The van der Waals surface area contributed by atoms with E-state index in [1.54, 1.807) is 19.9 Å². The minimum Gasteiger partial charge on any atom is -0.386 e. The summed E-state index contributed by atoms with van der Waals surface area (Å²) in [4.78, 5) is 4.12. The third-order valence-corrected chi connectivity index (χ3v) is 5.64. The zero-order valence-corrected chi connectivity index (χ0v) is 18.4. The topological polar surface area (TPSA) is 58.6 Å². The zero-order valence-electron chi connectivity index (χ0n) is 18.4. The van der Waals surface area contributed by atoms with E-state index in [4.69, 9.17) is 5.73 Å². The number of aliphatic hydroxyl groups is 1. The van der Waals surface area contributed by atoms with E-state index in [-0.39, 0.29) is 23.7 Å². The highest BCUT2D eigenvalue weighted by Crippen LogP contribution is 2.41. The molecule has 1 aromatic carbocycles. The average Bonchev–Trinajstić information content (AvgIpc) is 3.59. The first-order valence-corrected chi connectivity index (χ1v) is 10.9. The van der Waals surface area contributed by atoms with Crippen LogP contribution in [0.25, 0.3) is 0 Å². The van der Waals surface area contributed by atoms with Gasteiger partial charge in [0.2, 0.25) is 0 Å². The number of allylic oxidation sites excluding steroid dienone is 1. The molecule has 0 amide bonds. The van der Waals surface area contributed by atoms with Gasteiger partial charge < -0.3 is 10.8 Å². The van der Waals surface area contributed by atoms with Gasteiger partial charge in [0.1, 0.15) is 5.83 Å². The molecule has 2 aliphatic carbocycles. The number of nitrogens with two attached hydrogens (primary N) is 1. The van der Waals surface area contributed by atoms with Gasteiger partial charge in [-0.3, -0.25) is 4.99 Å². The van der Waals surface area contributed by atoms with Crippen molar-refractivity contribution in [2.45, 2.75) is 71.3 Å². The maximum absolute atomic E-state index is 15.2. The number of aliphatic imine (C=N–C) groups is 1. The molecule has 4 heteroatoms. The highest BCUT2D eigenvalue weighted by Gasteiger charge is 2.33. The van der Waals surface area contributed by atoms with Crippen molar-refractivity contribution in [2.24, 2.45) is 22.6 Å². The third-order valence-electron chi connectivity index (χ3n) is 5.64. The van der Waals surface area contributed by atoms with Crippen LogP contribution in [0.2, 0.25) is 0 Å². The Morgan fingerprint density at radius 2 is 1.83 bits per heavy atom. The molecule has 2 saturated carbocycles. The van der Waals surface area contributed by atoms with Gasteiger partial charge in [-0.25, -0.2) is 4.39 Å². The summed E-state index contributed by atoms with van der Waals surface area (Å²) in [6.07, 6.45) is 6.56. The van der Waals surface area contributed by atoms with Crippen LogP contribution >= 0.6 is 0 Å². The van der Waals surface area contributed by atoms with E-state index >= 15 is 4.39 Å². The Kier molecular flexibility index (Phi) is 8.35. The SMILES string of the molecule is C=N/C(=C\C(=C(\F)Cc1ccc(C2CC2)cc1)C(C)(C)O)C(CN)C1CC1.CC. The maximum atomic E-state index is 15.2. The van der Waals surface area contributed by atoms with Crippen molar-refractivity contribution in [2.75, 3.05) is 6.54 Å². The van der Waals surface area contributed by atoms with Crippen molar-refractivity contribution < 1.29 is 9.50 Å². The summed E-state index contributed by atoms with van der Waals surface area (Å²) >= 11 is 0. The van der Waals surface area contributed by atoms with E-state index in [2.05, 4.69) is 23.8 Å². The zero-order chi connectivity index (χ0) is 21.6. The average molecular weight is 401 g/mol. The van der Waals surface area contributed by atoms with Gasteiger partial charge in [-0.1, -0.05) is 38.1 Å².